The fourth-order valence-corrected chi connectivity index (χ4v) is 3.48. The molecule has 1 N–H and O–H groups in total. The summed E-state index contributed by atoms with van der Waals surface area (Å²) in [7, 11) is 0. The molecule has 3 aromatic rings. The topological polar surface area (TPSA) is 57.7 Å². The van der Waals surface area contributed by atoms with Crippen LogP contribution in [0.1, 0.15) is 30.0 Å². The highest BCUT2D eigenvalue weighted by atomic mass is 15.2. The Morgan fingerprint density at radius 2 is 2.00 bits per heavy atom. The number of hydrogen-bond acceptors (Lipinski definition) is 4. The molecule has 0 amide bonds. The van der Waals surface area contributed by atoms with E-state index in [0.717, 1.165) is 36.4 Å². The van der Waals surface area contributed by atoms with Crippen LogP contribution < -0.4 is 0 Å². The van der Waals surface area contributed by atoms with E-state index in [-0.39, 0.29) is 0 Å². The molecule has 2 aromatic heterocycles. The number of nitrogens with zero attached hydrogens (tertiary/aromatic N) is 4. The Kier molecular flexibility index (Phi) is 4.03. The molecule has 5 nitrogen and oxygen atoms in total. The molecule has 3 heterocycles. The lowest BCUT2D eigenvalue weighted by molar-refractivity contribution is 0.209. The molecular formula is C18H21N5. The summed E-state index contributed by atoms with van der Waals surface area (Å²) in [5.74, 6) is 0.473. The van der Waals surface area contributed by atoms with E-state index in [1.165, 1.54) is 24.9 Å². The molecule has 5 heteroatoms. The van der Waals surface area contributed by atoms with Gasteiger partial charge in [-0.25, -0.2) is 9.97 Å². The standard InChI is InChI=1S/C18H21N5/c1-2-5-14(6-3-1)8-12-23-11-4-7-15(13-23)16-17-18(22-21-16)20-10-9-19-17/h1-3,5-6,9-10,15H,4,7-8,11-13H2,(H,20,21,22). The number of hydrogen-bond donors (Lipinski definition) is 1. The molecule has 23 heavy (non-hydrogen) atoms. The largest absolute Gasteiger partial charge is 0.302 e. The molecule has 1 aliphatic heterocycles. The monoisotopic (exact) mass is 307 g/mol. The highest BCUT2D eigenvalue weighted by Crippen LogP contribution is 2.28. The summed E-state index contributed by atoms with van der Waals surface area (Å²) < 4.78 is 0. The van der Waals surface area contributed by atoms with Gasteiger partial charge in [0, 0.05) is 31.4 Å². The summed E-state index contributed by atoms with van der Waals surface area (Å²) in [4.78, 5) is 11.3. The van der Waals surface area contributed by atoms with Crippen LogP contribution in [0.2, 0.25) is 0 Å². The lowest BCUT2D eigenvalue weighted by Crippen LogP contribution is -2.36. The van der Waals surface area contributed by atoms with Crippen LogP contribution in [0, 0.1) is 0 Å². The van der Waals surface area contributed by atoms with E-state index in [2.05, 4.69) is 55.4 Å². The number of likely N-dealkylation sites (tertiary alicyclic amines) is 1. The second-order valence-electron chi connectivity index (χ2n) is 6.24. The van der Waals surface area contributed by atoms with Crippen molar-refractivity contribution in [2.75, 3.05) is 19.6 Å². The first-order chi connectivity index (χ1) is 11.4. The van der Waals surface area contributed by atoms with Crippen LogP contribution in [-0.4, -0.2) is 44.7 Å². The molecular weight excluding hydrogens is 286 g/mol. The molecule has 1 atom stereocenters. The zero-order chi connectivity index (χ0) is 15.5. The summed E-state index contributed by atoms with van der Waals surface area (Å²) >= 11 is 0. The average Bonchev–Trinajstić information content (AvgIpc) is 3.05. The number of H-pyrrole nitrogens is 1. The highest BCUT2D eigenvalue weighted by molar-refractivity contribution is 5.72. The zero-order valence-electron chi connectivity index (χ0n) is 13.2. The van der Waals surface area contributed by atoms with E-state index in [0.29, 0.717) is 5.92 Å². The lowest BCUT2D eigenvalue weighted by Gasteiger charge is -2.32. The first kappa shape index (κ1) is 14.3. The van der Waals surface area contributed by atoms with Crippen molar-refractivity contribution in [2.24, 2.45) is 0 Å². The Bertz CT molecular complexity index is 767. The Morgan fingerprint density at radius 1 is 1.13 bits per heavy atom. The third-order valence-electron chi connectivity index (χ3n) is 4.69. The number of benzene rings is 1. The van der Waals surface area contributed by atoms with Gasteiger partial charge in [-0.3, -0.25) is 5.10 Å². The lowest BCUT2D eigenvalue weighted by atomic mass is 9.94. The molecule has 0 bridgehead atoms. The van der Waals surface area contributed by atoms with Crippen LogP contribution in [0.4, 0.5) is 0 Å². The van der Waals surface area contributed by atoms with Crippen LogP contribution in [0.15, 0.2) is 42.7 Å². The fraction of sp³-hybridized carbons (Fsp3) is 0.389. The second-order valence-corrected chi connectivity index (χ2v) is 6.24. The molecule has 0 aliphatic carbocycles. The van der Waals surface area contributed by atoms with E-state index in [1.807, 2.05) is 0 Å². The summed E-state index contributed by atoms with van der Waals surface area (Å²) in [6.45, 7) is 3.36. The highest BCUT2D eigenvalue weighted by Gasteiger charge is 2.24. The Hall–Kier alpha value is -2.27. The third kappa shape index (κ3) is 3.10. The first-order valence-corrected chi connectivity index (χ1v) is 8.31. The van der Waals surface area contributed by atoms with Crippen molar-refractivity contribution in [2.45, 2.75) is 25.2 Å². The quantitative estimate of drug-likeness (QED) is 0.805. The van der Waals surface area contributed by atoms with Gasteiger partial charge in [0.1, 0.15) is 5.52 Å². The average molecular weight is 307 g/mol. The van der Waals surface area contributed by atoms with Crippen LogP contribution in [-0.2, 0) is 6.42 Å². The molecule has 1 unspecified atom stereocenters. The first-order valence-electron chi connectivity index (χ1n) is 8.31. The van der Waals surface area contributed by atoms with Crippen molar-refractivity contribution in [1.29, 1.82) is 0 Å². The molecule has 118 valence electrons. The Balaban J connectivity index is 1.45. The van der Waals surface area contributed by atoms with Gasteiger partial charge in [0.05, 0.1) is 5.69 Å². The minimum Gasteiger partial charge on any atom is -0.302 e. The van der Waals surface area contributed by atoms with Gasteiger partial charge in [-0.15, -0.1) is 0 Å². The maximum atomic E-state index is 4.46. The van der Waals surface area contributed by atoms with Gasteiger partial charge < -0.3 is 4.90 Å². The van der Waals surface area contributed by atoms with Gasteiger partial charge in [0.15, 0.2) is 5.65 Å². The van der Waals surface area contributed by atoms with E-state index >= 15 is 0 Å². The summed E-state index contributed by atoms with van der Waals surface area (Å²) in [6.07, 6.45) is 6.96. The van der Waals surface area contributed by atoms with E-state index < -0.39 is 0 Å². The fourth-order valence-electron chi connectivity index (χ4n) is 3.48. The van der Waals surface area contributed by atoms with Crippen LogP contribution in [0.3, 0.4) is 0 Å². The van der Waals surface area contributed by atoms with E-state index in [1.54, 1.807) is 12.4 Å². The summed E-state index contributed by atoms with van der Waals surface area (Å²) in [6, 6.07) is 10.7. The number of fused-ring (bicyclic) bond motifs is 1. The third-order valence-corrected chi connectivity index (χ3v) is 4.69. The predicted octanol–water partition coefficient (Wildman–Crippen LogP) is 2.78. The van der Waals surface area contributed by atoms with Gasteiger partial charge >= 0.3 is 0 Å². The van der Waals surface area contributed by atoms with Gasteiger partial charge in [0.25, 0.3) is 0 Å². The number of aromatic amines is 1. The zero-order valence-corrected chi connectivity index (χ0v) is 13.2. The van der Waals surface area contributed by atoms with Crippen molar-refractivity contribution in [3.63, 3.8) is 0 Å². The van der Waals surface area contributed by atoms with Crippen LogP contribution in [0.5, 0.6) is 0 Å². The SMILES string of the molecule is c1ccc(CCN2CCCC(c3[nH]nc4nccnc34)C2)cc1. The molecule has 4 rings (SSSR count). The smallest absolute Gasteiger partial charge is 0.199 e. The number of aromatic nitrogens is 4. The van der Waals surface area contributed by atoms with Crippen molar-refractivity contribution < 1.29 is 0 Å². The van der Waals surface area contributed by atoms with Crippen molar-refractivity contribution in [3.05, 3.63) is 54.0 Å². The molecule has 0 radical (unpaired) electrons. The molecule has 1 fully saturated rings. The van der Waals surface area contributed by atoms with Crippen molar-refractivity contribution in [3.8, 4) is 0 Å². The predicted molar refractivity (Wildman–Crippen MR) is 90.2 cm³/mol. The summed E-state index contributed by atoms with van der Waals surface area (Å²) in [5.41, 5.74) is 4.22. The normalized spacial score (nSPS) is 19.2. The molecule has 0 saturated carbocycles. The Morgan fingerprint density at radius 3 is 2.91 bits per heavy atom. The number of rotatable bonds is 4. The van der Waals surface area contributed by atoms with Gasteiger partial charge in [0.2, 0.25) is 0 Å². The van der Waals surface area contributed by atoms with Crippen LogP contribution >= 0.6 is 0 Å². The van der Waals surface area contributed by atoms with Crippen molar-refractivity contribution in [1.82, 2.24) is 25.1 Å². The van der Waals surface area contributed by atoms with E-state index in [4.69, 9.17) is 0 Å². The van der Waals surface area contributed by atoms with E-state index in [9.17, 15) is 0 Å². The van der Waals surface area contributed by atoms with Gasteiger partial charge in [-0.2, -0.15) is 5.10 Å². The maximum Gasteiger partial charge on any atom is 0.199 e. The number of piperidine rings is 1. The van der Waals surface area contributed by atoms with Gasteiger partial charge in [-0.05, 0) is 31.4 Å². The maximum absolute atomic E-state index is 4.46. The molecule has 1 aliphatic rings. The molecule has 1 aromatic carbocycles. The second kappa shape index (κ2) is 6.46. The summed E-state index contributed by atoms with van der Waals surface area (Å²) in [5, 5.41) is 7.47. The minimum absolute atomic E-state index is 0.473. The number of nitrogens with one attached hydrogen (secondary N) is 1. The minimum atomic E-state index is 0.473. The van der Waals surface area contributed by atoms with Gasteiger partial charge in [-0.1, -0.05) is 30.3 Å². The Labute approximate surface area is 135 Å². The molecule has 1 saturated heterocycles. The van der Waals surface area contributed by atoms with Crippen LogP contribution in [0.25, 0.3) is 11.2 Å². The molecule has 0 spiro atoms. The van der Waals surface area contributed by atoms with Crippen molar-refractivity contribution >= 4 is 11.2 Å².